The lowest BCUT2D eigenvalue weighted by atomic mass is 10.2. The molecule has 0 bridgehead atoms. The molecule has 0 atom stereocenters. The molecule has 0 aliphatic carbocycles. The Balaban J connectivity index is 2.21. The third-order valence-electron chi connectivity index (χ3n) is 2.03. The van der Waals surface area contributed by atoms with Gasteiger partial charge in [0.05, 0.1) is 5.69 Å². The van der Waals surface area contributed by atoms with Crippen LogP contribution in [0.3, 0.4) is 0 Å². The van der Waals surface area contributed by atoms with Crippen LogP contribution in [0.5, 0.6) is 0 Å². The maximum atomic E-state index is 4.42. The summed E-state index contributed by atoms with van der Waals surface area (Å²) >= 11 is 5.16. The highest BCUT2D eigenvalue weighted by molar-refractivity contribution is 9.10. The summed E-state index contributed by atoms with van der Waals surface area (Å²) in [5, 5.41) is 2.05. The number of hydrogen-bond donors (Lipinski definition) is 0. The highest BCUT2D eigenvalue weighted by Crippen LogP contribution is 2.22. The van der Waals surface area contributed by atoms with Crippen LogP contribution in [0.15, 0.2) is 45.2 Å². The SMILES string of the molecule is Cc1cc(N=Cc2cccs2)ccc1Br. The molecule has 0 aliphatic rings. The van der Waals surface area contributed by atoms with Gasteiger partial charge < -0.3 is 0 Å². The van der Waals surface area contributed by atoms with E-state index in [9.17, 15) is 0 Å². The van der Waals surface area contributed by atoms with Crippen molar-refractivity contribution in [1.82, 2.24) is 0 Å². The van der Waals surface area contributed by atoms with Gasteiger partial charge in [0.15, 0.2) is 0 Å². The standard InChI is InChI=1S/C12H10BrNS/c1-9-7-10(4-5-12(9)13)14-8-11-3-2-6-15-11/h2-8H,1H3. The second-order valence-electron chi connectivity index (χ2n) is 3.21. The lowest BCUT2D eigenvalue weighted by Gasteiger charge is -1.98. The number of hydrogen-bond acceptors (Lipinski definition) is 2. The van der Waals surface area contributed by atoms with E-state index in [0.717, 1.165) is 10.2 Å². The molecule has 15 heavy (non-hydrogen) atoms. The Morgan fingerprint density at radius 3 is 2.87 bits per heavy atom. The number of thiophene rings is 1. The molecule has 0 spiro atoms. The second-order valence-corrected chi connectivity index (χ2v) is 5.04. The smallest absolute Gasteiger partial charge is 0.0633 e. The molecule has 0 amide bonds. The van der Waals surface area contributed by atoms with Gasteiger partial charge in [0.1, 0.15) is 0 Å². The molecule has 1 heterocycles. The third-order valence-corrected chi connectivity index (χ3v) is 3.72. The molecule has 2 aromatic rings. The summed E-state index contributed by atoms with van der Waals surface area (Å²) in [5.74, 6) is 0. The van der Waals surface area contributed by atoms with Gasteiger partial charge in [0.2, 0.25) is 0 Å². The van der Waals surface area contributed by atoms with Crippen LogP contribution < -0.4 is 0 Å². The average Bonchev–Trinajstić information content (AvgIpc) is 2.73. The van der Waals surface area contributed by atoms with Crippen LogP contribution in [-0.2, 0) is 0 Å². The van der Waals surface area contributed by atoms with E-state index >= 15 is 0 Å². The van der Waals surface area contributed by atoms with Gasteiger partial charge in [-0.25, -0.2) is 0 Å². The van der Waals surface area contributed by atoms with Crippen LogP contribution in [0.25, 0.3) is 0 Å². The van der Waals surface area contributed by atoms with Gasteiger partial charge >= 0.3 is 0 Å². The van der Waals surface area contributed by atoms with Gasteiger partial charge in [0.25, 0.3) is 0 Å². The fourth-order valence-corrected chi connectivity index (χ4v) is 2.04. The minimum Gasteiger partial charge on any atom is -0.255 e. The van der Waals surface area contributed by atoms with Crippen LogP contribution in [0.4, 0.5) is 5.69 Å². The molecule has 0 aliphatic heterocycles. The number of aliphatic imine (C=N–C) groups is 1. The lowest BCUT2D eigenvalue weighted by molar-refractivity contribution is 1.40. The maximum absolute atomic E-state index is 4.42. The molecule has 1 aromatic carbocycles. The summed E-state index contributed by atoms with van der Waals surface area (Å²) in [5.41, 5.74) is 2.19. The van der Waals surface area contributed by atoms with Gasteiger partial charge in [-0.1, -0.05) is 22.0 Å². The number of halogens is 1. The maximum Gasteiger partial charge on any atom is 0.0633 e. The minimum atomic E-state index is 0.990. The van der Waals surface area contributed by atoms with E-state index in [0.29, 0.717) is 0 Å². The third kappa shape index (κ3) is 2.76. The predicted octanol–water partition coefficient (Wildman–Crippen LogP) is 4.57. The zero-order valence-electron chi connectivity index (χ0n) is 8.27. The Bertz CT molecular complexity index is 474. The van der Waals surface area contributed by atoms with Gasteiger partial charge in [-0.15, -0.1) is 11.3 Å². The van der Waals surface area contributed by atoms with Gasteiger partial charge in [-0.05, 0) is 42.1 Å². The topological polar surface area (TPSA) is 12.4 Å². The van der Waals surface area contributed by atoms with Gasteiger partial charge in [-0.2, -0.15) is 0 Å². The zero-order valence-corrected chi connectivity index (χ0v) is 10.7. The molecule has 0 unspecified atom stereocenters. The first-order chi connectivity index (χ1) is 7.25. The summed E-state index contributed by atoms with van der Waals surface area (Å²) in [6, 6.07) is 10.2. The summed E-state index contributed by atoms with van der Waals surface area (Å²) in [4.78, 5) is 5.59. The lowest BCUT2D eigenvalue weighted by Crippen LogP contribution is -1.76. The molecule has 0 saturated heterocycles. The number of rotatable bonds is 2. The van der Waals surface area contributed by atoms with Crippen molar-refractivity contribution in [3.63, 3.8) is 0 Å². The van der Waals surface area contributed by atoms with E-state index < -0.39 is 0 Å². The molecular weight excluding hydrogens is 270 g/mol. The first kappa shape index (κ1) is 10.6. The quantitative estimate of drug-likeness (QED) is 0.714. The van der Waals surface area contributed by atoms with Crippen molar-refractivity contribution in [2.45, 2.75) is 6.92 Å². The monoisotopic (exact) mass is 279 g/mol. The Labute approximate surface area is 102 Å². The van der Waals surface area contributed by atoms with Crippen molar-refractivity contribution in [1.29, 1.82) is 0 Å². The number of benzene rings is 1. The molecular formula is C12H10BrNS. The van der Waals surface area contributed by atoms with E-state index in [2.05, 4.69) is 40.0 Å². The first-order valence-corrected chi connectivity index (χ1v) is 6.27. The Kier molecular flexibility index (Phi) is 3.34. The molecule has 1 aromatic heterocycles. The van der Waals surface area contributed by atoms with Crippen LogP contribution in [0, 0.1) is 6.92 Å². The zero-order chi connectivity index (χ0) is 10.7. The molecule has 1 nitrogen and oxygen atoms in total. The van der Waals surface area contributed by atoms with Crippen molar-refractivity contribution in [3.8, 4) is 0 Å². The molecule has 3 heteroatoms. The Morgan fingerprint density at radius 2 is 2.20 bits per heavy atom. The van der Waals surface area contributed by atoms with Crippen molar-refractivity contribution < 1.29 is 0 Å². The van der Waals surface area contributed by atoms with Crippen LogP contribution in [-0.4, -0.2) is 6.21 Å². The fourth-order valence-electron chi connectivity index (χ4n) is 1.21. The summed E-state index contributed by atoms with van der Waals surface area (Å²) < 4.78 is 1.12. The van der Waals surface area contributed by atoms with E-state index in [4.69, 9.17) is 0 Å². The van der Waals surface area contributed by atoms with Crippen LogP contribution >= 0.6 is 27.3 Å². The van der Waals surface area contributed by atoms with Crippen LogP contribution in [0.2, 0.25) is 0 Å². The first-order valence-electron chi connectivity index (χ1n) is 4.59. The number of aryl methyl sites for hydroxylation is 1. The average molecular weight is 280 g/mol. The van der Waals surface area contributed by atoms with Crippen molar-refractivity contribution in [2.75, 3.05) is 0 Å². The second kappa shape index (κ2) is 4.73. The molecule has 0 saturated carbocycles. The minimum absolute atomic E-state index is 0.990. The largest absolute Gasteiger partial charge is 0.255 e. The van der Waals surface area contributed by atoms with Crippen molar-refractivity contribution in [3.05, 3.63) is 50.6 Å². The Hall–Kier alpha value is -0.930. The van der Waals surface area contributed by atoms with Gasteiger partial charge in [0, 0.05) is 15.6 Å². The molecule has 0 N–H and O–H groups in total. The normalized spacial score (nSPS) is 11.1. The molecule has 0 radical (unpaired) electrons. The van der Waals surface area contributed by atoms with E-state index in [1.807, 2.05) is 29.8 Å². The highest BCUT2D eigenvalue weighted by atomic mass is 79.9. The number of nitrogens with zero attached hydrogens (tertiary/aromatic N) is 1. The predicted molar refractivity (Wildman–Crippen MR) is 70.5 cm³/mol. The van der Waals surface area contributed by atoms with Crippen LogP contribution in [0.1, 0.15) is 10.4 Å². The molecule has 76 valence electrons. The van der Waals surface area contributed by atoms with E-state index in [1.165, 1.54) is 10.4 Å². The summed E-state index contributed by atoms with van der Waals surface area (Å²) in [7, 11) is 0. The van der Waals surface area contributed by atoms with Gasteiger partial charge in [-0.3, -0.25) is 4.99 Å². The van der Waals surface area contributed by atoms with Crippen molar-refractivity contribution >= 4 is 39.2 Å². The summed E-state index contributed by atoms with van der Waals surface area (Å²) in [6.45, 7) is 2.06. The van der Waals surface area contributed by atoms with Crippen molar-refractivity contribution in [2.24, 2.45) is 4.99 Å². The summed E-state index contributed by atoms with van der Waals surface area (Å²) in [6.07, 6.45) is 1.90. The molecule has 0 fully saturated rings. The Morgan fingerprint density at radius 1 is 1.33 bits per heavy atom. The van der Waals surface area contributed by atoms with E-state index in [-0.39, 0.29) is 0 Å². The van der Waals surface area contributed by atoms with E-state index in [1.54, 1.807) is 11.3 Å². The highest BCUT2D eigenvalue weighted by Gasteiger charge is 1.95. The molecule has 2 rings (SSSR count). The fraction of sp³-hybridized carbons (Fsp3) is 0.0833.